The smallest absolute Gasteiger partial charge is 0.238 e. The SMILES string of the molecule is O=C1Nc2ccccc2C1c1nc(Cl)nc2nn(C3CCCC3)cc12. The number of halogens is 1. The van der Waals surface area contributed by atoms with Crippen molar-refractivity contribution in [1.82, 2.24) is 19.7 Å². The summed E-state index contributed by atoms with van der Waals surface area (Å²) in [6, 6.07) is 8.07. The van der Waals surface area contributed by atoms with E-state index in [9.17, 15) is 4.79 Å². The molecule has 3 aromatic rings. The molecule has 1 N–H and O–H groups in total. The molecule has 6 nitrogen and oxygen atoms in total. The van der Waals surface area contributed by atoms with Gasteiger partial charge in [-0.05, 0) is 36.1 Å². The van der Waals surface area contributed by atoms with Gasteiger partial charge in [0, 0.05) is 11.9 Å². The third kappa shape index (κ3) is 2.32. The summed E-state index contributed by atoms with van der Waals surface area (Å²) >= 11 is 6.14. The number of para-hydroxylation sites is 1. The molecule has 1 unspecified atom stereocenters. The first-order valence-electron chi connectivity index (χ1n) is 8.53. The maximum atomic E-state index is 12.6. The predicted octanol–water partition coefficient (Wildman–Crippen LogP) is 3.68. The highest BCUT2D eigenvalue weighted by molar-refractivity contribution is 6.28. The first kappa shape index (κ1) is 14.8. The molecule has 0 radical (unpaired) electrons. The van der Waals surface area contributed by atoms with Gasteiger partial charge in [-0.3, -0.25) is 9.48 Å². The highest BCUT2D eigenvalue weighted by Crippen LogP contribution is 2.39. The molecular formula is C18H16ClN5O. The van der Waals surface area contributed by atoms with Crippen molar-refractivity contribution >= 4 is 34.2 Å². The van der Waals surface area contributed by atoms with Crippen molar-refractivity contribution < 1.29 is 4.79 Å². The van der Waals surface area contributed by atoms with E-state index in [4.69, 9.17) is 11.6 Å². The Morgan fingerprint density at radius 3 is 2.80 bits per heavy atom. The van der Waals surface area contributed by atoms with Crippen LogP contribution in [-0.2, 0) is 4.79 Å². The molecule has 0 bridgehead atoms. The number of fused-ring (bicyclic) bond motifs is 2. The first-order valence-corrected chi connectivity index (χ1v) is 8.90. The molecule has 1 atom stereocenters. The standard InChI is InChI=1S/C18H16ClN5O/c19-18-21-15(14-11-7-3-4-8-13(11)20-17(14)25)12-9-24(23-16(12)22-18)10-5-1-2-6-10/h3-4,7-10,14H,1-2,5-6H2,(H,20,25). The summed E-state index contributed by atoms with van der Waals surface area (Å²) in [5, 5.41) is 8.46. The van der Waals surface area contributed by atoms with E-state index in [0.29, 0.717) is 17.4 Å². The first-order chi connectivity index (χ1) is 12.2. The van der Waals surface area contributed by atoms with Gasteiger partial charge in [0.2, 0.25) is 11.2 Å². The van der Waals surface area contributed by atoms with E-state index in [-0.39, 0.29) is 11.2 Å². The molecule has 0 spiro atoms. The molecule has 1 fully saturated rings. The van der Waals surface area contributed by atoms with Crippen LogP contribution in [0.4, 0.5) is 5.69 Å². The molecule has 0 saturated heterocycles. The fourth-order valence-electron chi connectivity index (χ4n) is 3.97. The third-order valence-corrected chi connectivity index (χ3v) is 5.33. The van der Waals surface area contributed by atoms with Crippen molar-refractivity contribution in [2.75, 3.05) is 5.32 Å². The maximum Gasteiger partial charge on any atom is 0.238 e. The van der Waals surface area contributed by atoms with E-state index in [2.05, 4.69) is 20.4 Å². The van der Waals surface area contributed by atoms with Crippen molar-refractivity contribution in [3.8, 4) is 0 Å². The van der Waals surface area contributed by atoms with Gasteiger partial charge < -0.3 is 5.32 Å². The van der Waals surface area contributed by atoms with Crippen molar-refractivity contribution in [3.63, 3.8) is 0 Å². The Hall–Kier alpha value is -2.47. The zero-order valence-corrected chi connectivity index (χ0v) is 14.2. The van der Waals surface area contributed by atoms with Gasteiger partial charge in [-0.15, -0.1) is 0 Å². The number of carbonyl (C=O) groups is 1. The largest absolute Gasteiger partial charge is 0.325 e. The molecule has 3 heterocycles. The number of nitrogens with one attached hydrogen (secondary N) is 1. The van der Waals surface area contributed by atoms with Crippen LogP contribution in [0.3, 0.4) is 0 Å². The number of nitrogens with zero attached hydrogens (tertiary/aromatic N) is 4. The average Bonchev–Trinajstić information content (AvgIpc) is 3.31. The van der Waals surface area contributed by atoms with Crippen molar-refractivity contribution in [2.45, 2.75) is 37.6 Å². The van der Waals surface area contributed by atoms with Crippen molar-refractivity contribution in [2.24, 2.45) is 0 Å². The molecule has 2 aliphatic rings. The number of benzene rings is 1. The highest BCUT2D eigenvalue weighted by atomic mass is 35.5. The number of anilines is 1. The van der Waals surface area contributed by atoms with Gasteiger partial charge in [-0.25, -0.2) is 4.98 Å². The normalized spacial score (nSPS) is 20.2. The van der Waals surface area contributed by atoms with Crippen LogP contribution >= 0.6 is 11.6 Å². The summed E-state index contributed by atoms with van der Waals surface area (Å²) in [7, 11) is 0. The minimum Gasteiger partial charge on any atom is -0.325 e. The maximum absolute atomic E-state index is 12.6. The number of rotatable bonds is 2. The lowest BCUT2D eigenvalue weighted by molar-refractivity contribution is -0.116. The minimum atomic E-state index is -0.486. The molecule has 126 valence electrons. The Kier molecular flexibility index (Phi) is 3.28. The summed E-state index contributed by atoms with van der Waals surface area (Å²) < 4.78 is 1.98. The predicted molar refractivity (Wildman–Crippen MR) is 94.8 cm³/mol. The molecule has 1 aromatic carbocycles. The van der Waals surface area contributed by atoms with E-state index < -0.39 is 5.92 Å². The quantitative estimate of drug-likeness (QED) is 0.713. The summed E-state index contributed by atoms with van der Waals surface area (Å²) in [4.78, 5) is 21.3. The van der Waals surface area contributed by atoms with E-state index >= 15 is 0 Å². The van der Waals surface area contributed by atoms with Crippen LogP contribution in [0, 0.1) is 0 Å². The Morgan fingerprint density at radius 1 is 1.16 bits per heavy atom. The number of amides is 1. The fourth-order valence-corrected chi connectivity index (χ4v) is 4.14. The van der Waals surface area contributed by atoms with Gasteiger partial charge in [-0.2, -0.15) is 10.1 Å². The zero-order chi connectivity index (χ0) is 17.0. The average molecular weight is 354 g/mol. The topological polar surface area (TPSA) is 72.7 Å². The summed E-state index contributed by atoms with van der Waals surface area (Å²) in [5.41, 5.74) is 2.92. The van der Waals surface area contributed by atoms with Crippen molar-refractivity contribution in [1.29, 1.82) is 0 Å². The summed E-state index contributed by atoms with van der Waals surface area (Å²) in [6.07, 6.45) is 6.66. The Labute approximate surface area is 149 Å². The van der Waals surface area contributed by atoms with Crippen LogP contribution in [-0.4, -0.2) is 25.7 Å². The van der Waals surface area contributed by atoms with Gasteiger partial charge in [0.05, 0.1) is 17.1 Å². The Bertz CT molecular complexity index is 992. The highest BCUT2D eigenvalue weighted by Gasteiger charge is 2.35. The van der Waals surface area contributed by atoms with Crippen molar-refractivity contribution in [3.05, 3.63) is 47.0 Å². The Balaban J connectivity index is 1.69. The number of hydrogen-bond donors (Lipinski definition) is 1. The lowest BCUT2D eigenvalue weighted by Crippen LogP contribution is -2.15. The van der Waals surface area contributed by atoms with E-state index in [1.165, 1.54) is 12.8 Å². The second-order valence-corrected chi connectivity index (χ2v) is 7.01. The minimum absolute atomic E-state index is 0.0918. The van der Waals surface area contributed by atoms with Crippen LogP contribution in [0.25, 0.3) is 11.0 Å². The molecule has 2 aromatic heterocycles. The molecule has 7 heteroatoms. The molecule has 5 rings (SSSR count). The summed E-state index contributed by atoms with van der Waals surface area (Å²) in [5.74, 6) is -0.577. The number of hydrogen-bond acceptors (Lipinski definition) is 4. The molecule has 25 heavy (non-hydrogen) atoms. The van der Waals surface area contributed by atoms with Gasteiger partial charge >= 0.3 is 0 Å². The van der Waals surface area contributed by atoms with E-state index in [1.807, 2.05) is 35.1 Å². The zero-order valence-electron chi connectivity index (χ0n) is 13.4. The van der Waals surface area contributed by atoms with Gasteiger partial charge in [-0.1, -0.05) is 31.0 Å². The molecule has 1 aliphatic carbocycles. The number of carbonyl (C=O) groups excluding carboxylic acids is 1. The Morgan fingerprint density at radius 2 is 1.96 bits per heavy atom. The van der Waals surface area contributed by atoms with Crippen LogP contribution in [0.15, 0.2) is 30.5 Å². The third-order valence-electron chi connectivity index (χ3n) is 5.16. The second-order valence-electron chi connectivity index (χ2n) is 6.67. The monoisotopic (exact) mass is 353 g/mol. The van der Waals surface area contributed by atoms with Gasteiger partial charge in [0.25, 0.3) is 0 Å². The van der Waals surface area contributed by atoms with Crippen LogP contribution in [0.5, 0.6) is 0 Å². The van der Waals surface area contributed by atoms with Crippen LogP contribution < -0.4 is 5.32 Å². The van der Waals surface area contributed by atoms with E-state index in [0.717, 1.165) is 29.5 Å². The second kappa shape index (κ2) is 5.52. The van der Waals surface area contributed by atoms with E-state index in [1.54, 1.807) is 0 Å². The van der Waals surface area contributed by atoms with Crippen LogP contribution in [0.1, 0.15) is 48.9 Å². The van der Waals surface area contributed by atoms with Gasteiger partial charge in [0.1, 0.15) is 5.92 Å². The van der Waals surface area contributed by atoms with Crippen LogP contribution in [0.2, 0.25) is 5.28 Å². The lowest BCUT2D eigenvalue weighted by Gasteiger charge is -2.09. The fraction of sp³-hybridized carbons (Fsp3) is 0.333. The lowest BCUT2D eigenvalue weighted by atomic mass is 9.95. The molecule has 1 aliphatic heterocycles. The molecular weight excluding hydrogens is 338 g/mol. The van der Waals surface area contributed by atoms with Gasteiger partial charge in [0.15, 0.2) is 5.65 Å². The summed E-state index contributed by atoms with van der Waals surface area (Å²) in [6.45, 7) is 0. The number of aromatic nitrogens is 4. The molecule has 1 saturated carbocycles. The molecule has 1 amide bonds.